The molecule has 0 saturated carbocycles. The van der Waals surface area contributed by atoms with Crippen LogP contribution in [0.5, 0.6) is 0 Å². The first-order valence-corrected chi connectivity index (χ1v) is 7.38. The molecule has 0 aliphatic heterocycles. The molecule has 0 amide bonds. The summed E-state index contributed by atoms with van der Waals surface area (Å²) in [6.45, 7) is 4.35. The van der Waals surface area contributed by atoms with Crippen molar-refractivity contribution in [1.29, 1.82) is 0 Å². The van der Waals surface area contributed by atoms with Crippen molar-refractivity contribution in [2.75, 3.05) is 0 Å². The van der Waals surface area contributed by atoms with Gasteiger partial charge in [0.2, 0.25) is 0 Å². The van der Waals surface area contributed by atoms with E-state index < -0.39 is 0 Å². The third-order valence-corrected chi connectivity index (χ3v) is 4.08. The standard InChI is InChI=1S/C13H12Br2ClN/c1-7(2)5-8-6-11(16)12-9(14)3-4-10(15)13(12)17-8/h3-4,6-7H,5H2,1-2H3. The Labute approximate surface area is 123 Å². The number of pyridine rings is 1. The highest BCUT2D eigenvalue weighted by molar-refractivity contribution is 9.11. The molecule has 0 N–H and O–H groups in total. The van der Waals surface area contributed by atoms with E-state index in [0.717, 1.165) is 37.0 Å². The van der Waals surface area contributed by atoms with Gasteiger partial charge in [0.25, 0.3) is 0 Å². The summed E-state index contributed by atoms with van der Waals surface area (Å²) in [7, 11) is 0. The molecule has 0 aliphatic carbocycles. The smallest absolute Gasteiger partial charge is 0.0873 e. The molecule has 90 valence electrons. The predicted molar refractivity (Wildman–Crippen MR) is 80.7 cm³/mol. The molecule has 0 bridgehead atoms. The van der Waals surface area contributed by atoms with Crippen molar-refractivity contribution in [3.8, 4) is 0 Å². The van der Waals surface area contributed by atoms with Crippen molar-refractivity contribution in [2.24, 2.45) is 5.92 Å². The van der Waals surface area contributed by atoms with Crippen LogP contribution in [-0.4, -0.2) is 4.98 Å². The van der Waals surface area contributed by atoms with Crippen molar-refractivity contribution < 1.29 is 0 Å². The second kappa shape index (κ2) is 5.25. The third-order valence-electron chi connectivity index (χ3n) is 2.48. The van der Waals surface area contributed by atoms with Gasteiger partial charge in [-0.2, -0.15) is 0 Å². The van der Waals surface area contributed by atoms with Gasteiger partial charge in [0, 0.05) is 20.0 Å². The van der Waals surface area contributed by atoms with Gasteiger partial charge in [-0.15, -0.1) is 0 Å². The van der Waals surface area contributed by atoms with Crippen LogP contribution in [0.3, 0.4) is 0 Å². The lowest BCUT2D eigenvalue weighted by molar-refractivity contribution is 0.637. The van der Waals surface area contributed by atoms with Crippen LogP contribution >= 0.6 is 43.5 Å². The average molecular weight is 378 g/mol. The van der Waals surface area contributed by atoms with Gasteiger partial charge in [-0.1, -0.05) is 41.4 Å². The van der Waals surface area contributed by atoms with Gasteiger partial charge in [0.15, 0.2) is 0 Å². The van der Waals surface area contributed by atoms with Crippen molar-refractivity contribution in [3.63, 3.8) is 0 Å². The maximum Gasteiger partial charge on any atom is 0.0873 e. The molecule has 2 aromatic rings. The lowest BCUT2D eigenvalue weighted by Crippen LogP contribution is -1.98. The van der Waals surface area contributed by atoms with E-state index in [0.29, 0.717) is 5.92 Å². The highest BCUT2D eigenvalue weighted by atomic mass is 79.9. The summed E-state index contributed by atoms with van der Waals surface area (Å²) in [4.78, 5) is 4.68. The Bertz CT molecular complexity index is 567. The number of fused-ring (bicyclic) bond motifs is 1. The predicted octanol–water partition coefficient (Wildman–Crippen LogP) is 5.61. The van der Waals surface area contributed by atoms with Crippen LogP contribution in [0.1, 0.15) is 19.5 Å². The fourth-order valence-electron chi connectivity index (χ4n) is 1.79. The molecule has 2 rings (SSSR count). The summed E-state index contributed by atoms with van der Waals surface area (Å²) in [6.07, 6.45) is 0.939. The monoisotopic (exact) mass is 375 g/mol. The molecule has 1 aromatic heterocycles. The highest BCUT2D eigenvalue weighted by Gasteiger charge is 2.11. The van der Waals surface area contributed by atoms with E-state index in [1.54, 1.807) is 0 Å². The highest BCUT2D eigenvalue weighted by Crippen LogP contribution is 2.34. The molecule has 1 aromatic carbocycles. The summed E-state index contributed by atoms with van der Waals surface area (Å²) in [5, 5.41) is 1.72. The van der Waals surface area contributed by atoms with E-state index in [2.05, 4.69) is 50.7 Å². The molecule has 0 spiro atoms. The summed E-state index contributed by atoms with van der Waals surface area (Å²) in [5.74, 6) is 0.571. The van der Waals surface area contributed by atoms with Gasteiger partial charge < -0.3 is 0 Å². The van der Waals surface area contributed by atoms with Crippen LogP contribution in [0.2, 0.25) is 5.02 Å². The van der Waals surface area contributed by atoms with Crippen LogP contribution in [0.15, 0.2) is 27.1 Å². The van der Waals surface area contributed by atoms with Crippen LogP contribution in [-0.2, 0) is 6.42 Å². The Hall–Kier alpha value is -0.120. The zero-order valence-corrected chi connectivity index (χ0v) is 13.5. The van der Waals surface area contributed by atoms with E-state index in [9.17, 15) is 0 Å². The summed E-state index contributed by atoms with van der Waals surface area (Å²) in [5.41, 5.74) is 1.96. The van der Waals surface area contributed by atoms with Gasteiger partial charge in [-0.25, -0.2) is 0 Å². The first-order valence-electron chi connectivity index (χ1n) is 5.42. The van der Waals surface area contributed by atoms with E-state index in [-0.39, 0.29) is 0 Å². The molecule has 4 heteroatoms. The number of rotatable bonds is 2. The first-order chi connectivity index (χ1) is 7.99. The number of benzene rings is 1. The van der Waals surface area contributed by atoms with Gasteiger partial charge in [0.1, 0.15) is 0 Å². The molecule has 0 saturated heterocycles. The van der Waals surface area contributed by atoms with Crippen LogP contribution in [0, 0.1) is 5.92 Å². The lowest BCUT2D eigenvalue weighted by Gasteiger charge is -2.09. The Morgan fingerprint density at radius 2 is 1.88 bits per heavy atom. The summed E-state index contributed by atoms with van der Waals surface area (Å²) < 4.78 is 1.95. The third kappa shape index (κ3) is 2.83. The number of aromatic nitrogens is 1. The maximum absolute atomic E-state index is 6.33. The topological polar surface area (TPSA) is 12.9 Å². The van der Waals surface area contributed by atoms with Gasteiger partial charge in [-0.3, -0.25) is 4.98 Å². The van der Waals surface area contributed by atoms with Crippen molar-refractivity contribution in [2.45, 2.75) is 20.3 Å². The number of hydrogen-bond acceptors (Lipinski definition) is 1. The lowest BCUT2D eigenvalue weighted by atomic mass is 10.1. The SMILES string of the molecule is CC(C)Cc1cc(Cl)c2c(Br)ccc(Br)c2n1. The molecule has 1 nitrogen and oxygen atoms in total. The molecular weight excluding hydrogens is 365 g/mol. The Morgan fingerprint density at radius 1 is 1.24 bits per heavy atom. The van der Waals surface area contributed by atoms with Crippen LogP contribution in [0.25, 0.3) is 10.9 Å². The molecule has 1 heterocycles. The molecular formula is C13H12Br2ClN. The second-order valence-electron chi connectivity index (χ2n) is 4.45. The summed E-state index contributed by atoms with van der Waals surface area (Å²) >= 11 is 13.4. The van der Waals surface area contributed by atoms with E-state index in [1.165, 1.54) is 0 Å². The van der Waals surface area contributed by atoms with E-state index in [4.69, 9.17) is 11.6 Å². The quantitative estimate of drug-likeness (QED) is 0.663. The van der Waals surface area contributed by atoms with Crippen molar-refractivity contribution in [1.82, 2.24) is 4.98 Å². The van der Waals surface area contributed by atoms with Crippen molar-refractivity contribution in [3.05, 3.63) is 37.9 Å². The molecule has 17 heavy (non-hydrogen) atoms. The Balaban J connectivity index is 2.68. The average Bonchev–Trinajstić information content (AvgIpc) is 2.22. The maximum atomic E-state index is 6.33. The van der Waals surface area contributed by atoms with E-state index >= 15 is 0 Å². The van der Waals surface area contributed by atoms with E-state index in [1.807, 2.05) is 18.2 Å². The largest absolute Gasteiger partial charge is 0.251 e. The van der Waals surface area contributed by atoms with Gasteiger partial charge >= 0.3 is 0 Å². The number of nitrogens with zero attached hydrogens (tertiary/aromatic N) is 1. The summed E-state index contributed by atoms with van der Waals surface area (Å²) in [6, 6.07) is 5.91. The second-order valence-corrected chi connectivity index (χ2v) is 6.56. The van der Waals surface area contributed by atoms with Crippen molar-refractivity contribution >= 4 is 54.4 Å². The molecule has 0 radical (unpaired) electrons. The van der Waals surface area contributed by atoms with Gasteiger partial charge in [-0.05, 0) is 46.5 Å². The molecule has 0 fully saturated rings. The fourth-order valence-corrected chi connectivity index (χ4v) is 3.18. The normalized spacial score (nSPS) is 11.4. The Morgan fingerprint density at radius 3 is 2.53 bits per heavy atom. The van der Waals surface area contributed by atoms with Crippen LogP contribution in [0.4, 0.5) is 0 Å². The molecule has 0 unspecified atom stereocenters. The number of hydrogen-bond donors (Lipinski definition) is 0. The zero-order chi connectivity index (χ0) is 12.6. The number of halogens is 3. The zero-order valence-electron chi connectivity index (χ0n) is 9.60. The minimum atomic E-state index is 0.571. The fraction of sp³-hybridized carbons (Fsp3) is 0.308. The van der Waals surface area contributed by atoms with Gasteiger partial charge in [0.05, 0.1) is 10.5 Å². The minimum Gasteiger partial charge on any atom is -0.251 e. The molecule has 0 atom stereocenters. The first kappa shape index (κ1) is 13.3. The molecule has 0 aliphatic rings. The minimum absolute atomic E-state index is 0.571. The van der Waals surface area contributed by atoms with Crippen LogP contribution < -0.4 is 0 Å². The Kier molecular flexibility index (Phi) is 4.11.